The SMILES string of the molecule is O=C(O)C1C[C@H]2CN1C(=O)N2S(=O)(=O)c1ccccc1. The number of carboxylic acid groups (broad SMARTS) is 1. The lowest BCUT2D eigenvalue weighted by Gasteiger charge is -2.29. The Kier molecular flexibility index (Phi) is 2.72. The number of nitrogens with zero attached hydrogens (tertiary/aromatic N) is 2. The van der Waals surface area contributed by atoms with Crippen molar-refractivity contribution in [3.63, 3.8) is 0 Å². The topological polar surface area (TPSA) is 95.0 Å². The van der Waals surface area contributed by atoms with Gasteiger partial charge in [-0.25, -0.2) is 22.3 Å². The fourth-order valence-electron chi connectivity index (χ4n) is 2.72. The third kappa shape index (κ3) is 1.68. The fourth-order valence-corrected chi connectivity index (χ4v) is 4.30. The molecule has 1 unspecified atom stereocenters. The first-order valence-corrected chi connectivity index (χ1v) is 7.50. The summed E-state index contributed by atoms with van der Waals surface area (Å²) < 4.78 is 25.7. The summed E-state index contributed by atoms with van der Waals surface area (Å²) in [4.78, 5) is 24.3. The van der Waals surface area contributed by atoms with Gasteiger partial charge in [0.2, 0.25) is 0 Å². The third-order valence-corrected chi connectivity index (χ3v) is 5.47. The van der Waals surface area contributed by atoms with E-state index in [0.717, 1.165) is 9.21 Å². The van der Waals surface area contributed by atoms with E-state index in [1.54, 1.807) is 18.2 Å². The van der Waals surface area contributed by atoms with Crippen LogP contribution in [0, 0.1) is 0 Å². The zero-order valence-electron chi connectivity index (χ0n) is 10.3. The van der Waals surface area contributed by atoms with Crippen LogP contribution < -0.4 is 0 Å². The Balaban J connectivity index is 1.95. The minimum absolute atomic E-state index is 0.0361. The van der Waals surface area contributed by atoms with E-state index in [1.165, 1.54) is 12.1 Å². The van der Waals surface area contributed by atoms with Crippen molar-refractivity contribution < 1.29 is 23.1 Å². The normalized spacial score (nSPS) is 25.3. The first-order valence-electron chi connectivity index (χ1n) is 6.06. The average Bonchev–Trinajstić information content (AvgIpc) is 2.97. The first-order chi connectivity index (χ1) is 9.43. The van der Waals surface area contributed by atoms with Crippen LogP contribution in [0.5, 0.6) is 0 Å². The Bertz CT molecular complexity index is 672. The molecule has 0 spiro atoms. The standard InChI is InChI=1S/C12H12N2O5S/c15-11(16)10-6-8-7-13(10)12(17)14(8)20(18,19)9-4-2-1-3-5-9/h1-5,8,10H,6-7H2,(H,15,16)/t8-,10?/m0/s1. The molecule has 0 radical (unpaired) electrons. The molecule has 1 aromatic rings. The third-order valence-electron chi connectivity index (χ3n) is 3.63. The Hall–Kier alpha value is -2.09. The van der Waals surface area contributed by atoms with Crippen LogP contribution >= 0.6 is 0 Å². The van der Waals surface area contributed by atoms with Crippen LogP contribution in [0.1, 0.15) is 6.42 Å². The molecule has 0 saturated carbocycles. The van der Waals surface area contributed by atoms with Crippen molar-refractivity contribution in [3.8, 4) is 0 Å². The molecule has 1 N–H and O–H groups in total. The molecule has 2 bridgehead atoms. The van der Waals surface area contributed by atoms with Crippen molar-refractivity contribution in [2.24, 2.45) is 0 Å². The molecule has 2 aliphatic heterocycles. The molecular weight excluding hydrogens is 284 g/mol. The Morgan fingerprint density at radius 1 is 1.25 bits per heavy atom. The number of fused-ring (bicyclic) bond motifs is 2. The van der Waals surface area contributed by atoms with E-state index in [4.69, 9.17) is 5.11 Å². The van der Waals surface area contributed by atoms with Gasteiger partial charge in [0.05, 0.1) is 10.9 Å². The van der Waals surface area contributed by atoms with E-state index in [1.807, 2.05) is 0 Å². The van der Waals surface area contributed by atoms with Crippen LogP contribution in [0.4, 0.5) is 4.79 Å². The van der Waals surface area contributed by atoms with E-state index < -0.39 is 34.1 Å². The number of benzene rings is 1. The van der Waals surface area contributed by atoms with Crippen LogP contribution in [-0.4, -0.2) is 53.4 Å². The van der Waals surface area contributed by atoms with Crippen LogP contribution in [0.25, 0.3) is 0 Å². The van der Waals surface area contributed by atoms with Crippen LogP contribution in [0.2, 0.25) is 0 Å². The highest BCUT2D eigenvalue weighted by Crippen LogP contribution is 2.35. The summed E-state index contributed by atoms with van der Waals surface area (Å²) in [6.07, 6.45) is 0.132. The lowest BCUT2D eigenvalue weighted by molar-refractivity contribution is -0.141. The molecule has 106 valence electrons. The molecule has 2 saturated heterocycles. The zero-order chi connectivity index (χ0) is 14.5. The first kappa shape index (κ1) is 12.9. The lowest BCUT2D eigenvalue weighted by Crippen LogP contribution is -2.50. The van der Waals surface area contributed by atoms with Gasteiger partial charge in [0.1, 0.15) is 6.04 Å². The largest absolute Gasteiger partial charge is 0.480 e. The van der Waals surface area contributed by atoms with Gasteiger partial charge < -0.3 is 10.0 Å². The van der Waals surface area contributed by atoms with E-state index in [2.05, 4.69) is 0 Å². The second-order valence-electron chi connectivity index (χ2n) is 4.79. The Morgan fingerprint density at radius 3 is 2.45 bits per heavy atom. The van der Waals surface area contributed by atoms with E-state index in [-0.39, 0.29) is 17.9 Å². The average molecular weight is 296 g/mol. The molecule has 2 amide bonds. The summed E-state index contributed by atoms with van der Waals surface area (Å²) in [6, 6.07) is 5.39. The highest BCUT2D eigenvalue weighted by Gasteiger charge is 2.55. The van der Waals surface area contributed by atoms with Gasteiger partial charge in [0, 0.05) is 13.0 Å². The number of carboxylic acids is 1. The summed E-state index contributed by atoms with van der Waals surface area (Å²) in [5.74, 6) is -1.10. The predicted octanol–water partition coefficient (Wildman–Crippen LogP) is 0.338. The van der Waals surface area contributed by atoms with E-state index >= 15 is 0 Å². The maximum atomic E-state index is 12.4. The summed E-state index contributed by atoms with van der Waals surface area (Å²) in [7, 11) is -3.92. The van der Waals surface area contributed by atoms with Crippen molar-refractivity contribution >= 4 is 22.0 Å². The van der Waals surface area contributed by atoms with Gasteiger partial charge in [-0.2, -0.15) is 0 Å². The number of hydrogen-bond donors (Lipinski definition) is 1. The van der Waals surface area contributed by atoms with Crippen molar-refractivity contribution in [1.82, 2.24) is 9.21 Å². The van der Waals surface area contributed by atoms with E-state index in [0.29, 0.717) is 0 Å². The molecule has 20 heavy (non-hydrogen) atoms. The van der Waals surface area contributed by atoms with Gasteiger partial charge >= 0.3 is 12.0 Å². The zero-order valence-corrected chi connectivity index (χ0v) is 11.2. The van der Waals surface area contributed by atoms with Gasteiger partial charge in [-0.05, 0) is 12.1 Å². The molecule has 0 aromatic heterocycles. The quantitative estimate of drug-likeness (QED) is 0.867. The van der Waals surface area contributed by atoms with Gasteiger partial charge in [0.15, 0.2) is 0 Å². The molecule has 2 atom stereocenters. The predicted molar refractivity (Wildman–Crippen MR) is 67.4 cm³/mol. The summed E-state index contributed by atoms with van der Waals surface area (Å²) >= 11 is 0. The smallest absolute Gasteiger partial charge is 0.335 e. The second kappa shape index (κ2) is 4.20. The van der Waals surface area contributed by atoms with Crippen LogP contribution in [0.3, 0.4) is 0 Å². The summed E-state index contributed by atoms with van der Waals surface area (Å²) in [6.45, 7) is 0.141. The number of urea groups is 1. The van der Waals surface area contributed by atoms with Crippen molar-refractivity contribution in [2.45, 2.75) is 23.4 Å². The minimum atomic E-state index is -3.92. The number of amides is 2. The summed E-state index contributed by atoms with van der Waals surface area (Å²) in [5.41, 5.74) is 0. The number of rotatable bonds is 3. The molecule has 2 heterocycles. The van der Waals surface area contributed by atoms with Crippen molar-refractivity contribution in [3.05, 3.63) is 30.3 Å². The molecule has 3 rings (SSSR count). The minimum Gasteiger partial charge on any atom is -0.480 e. The van der Waals surface area contributed by atoms with Crippen LogP contribution in [0.15, 0.2) is 35.2 Å². The summed E-state index contributed by atoms with van der Waals surface area (Å²) in [5, 5.41) is 9.00. The Labute approximate surface area is 115 Å². The molecule has 2 aliphatic rings. The number of hydrogen-bond acceptors (Lipinski definition) is 4. The molecule has 2 fully saturated rings. The number of carbonyl (C=O) groups is 2. The molecule has 1 aromatic carbocycles. The highest BCUT2D eigenvalue weighted by atomic mass is 32.2. The monoisotopic (exact) mass is 296 g/mol. The number of aliphatic carboxylic acids is 1. The maximum absolute atomic E-state index is 12.4. The van der Waals surface area contributed by atoms with E-state index in [9.17, 15) is 18.0 Å². The molecule has 7 nitrogen and oxygen atoms in total. The number of carbonyl (C=O) groups excluding carboxylic acids is 1. The number of sulfonamides is 1. The lowest BCUT2D eigenvalue weighted by atomic mass is 10.1. The maximum Gasteiger partial charge on any atom is 0.335 e. The van der Waals surface area contributed by atoms with Gasteiger partial charge in [0.25, 0.3) is 10.0 Å². The molecule has 0 aliphatic carbocycles. The van der Waals surface area contributed by atoms with Gasteiger partial charge in [-0.3, -0.25) is 0 Å². The second-order valence-corrected chi connectivity index (χ2v) is 6.61. The van der Waals surface area contributed by atoms with Crippen molar-refractivity contribution in [2.75, 3.05) is 6.54 Å². The fraction of sp³-hybridized carbons (Fsp3) is 0.333. The van der Waals surface area contributed by atoms with Crippen molar-refractivity contribution in [1.29, 1.82) is 0 Å². The Morgan fingerprint density at radius 2 is 1.90 bits per heavy atom. The highest BCUT2D eigenvalue weighted by molar-refractivity contribution is 7.89. The molecule has 8 heteroatoms. The van der Waals surface area contributed by atoms with Crippen LogP contribution in [-0.2, 0) is 14.8 Å². The molecular formula is C12H12N2O5S. The van der Waals surface area contributed by atoms with Gasteiger partial charge in [-0.15, -0.1) is 0 Å². The van der Waals surface area contributed by atoms with Gasteiger partial charge in [-0.1, -0.05) is 18.2 Å².